The molecule has 2 aromatic rings. The van der Waals surface area contributed by atoms with Crippen LogP contribution in [0.15, 0.2) is 54.6 Å². The van der Waals surface area contributed by atoms with Gasteiger partial charge in [0.2, 0.25) is 11.6 Å². The van der Waals surface area contributed by atoms with Crippen molar-refractivity contribution in [2.75, 3.05) is 12.5 Å². The van der Waals surface area contributed by atoms with E-state index in [9.17, 15) is 22.8 Å². The average Bonchev–Trinajstić information content (AvgIpc) is 2.84. The van der Waals surface area contributed by atoms with Crippen LogP contribution in [0.5, 0.6) is 0 Å². The lowest BCUT2D eigenvalue weighted by atomic mass is 9.93. The van der Waals surface area contributed by atoms with Crippen LogP contribution in [0.2, 0.25) is 0 Å². The van der Waals surface area contributed by atoms with Gasteiger partial charge in [-0.2, -0.15) is 21.6 Å². The molecule has 0 amide bonds. The van der Waals surface area contributed by atoms with Crippen molar-refractivity contribution in [2.24, 2.45) is 0 Å². The van der Waals surface area contributed by atoms with Gasteiger partial charge >= 0.3 is 15.6 Å². The third-order valence-electron chi connectivity index (χ3n) is 4.14. The van der Waals surface area contributed by atoms with Gasteiger partial charge in [-0.25, -0.2) is 0 Å². The Kier molecular flexibility index (Phi) is 6.07. The first-order valence-electron chi connectivity index (χ1n) is 7.70. The highest BCUT2D eigenvalue weighted by Gasteiger charge is 2.63. The second-order valence-electron chi connectivity index (χ2n) is 5.99. The van der Waals surface area contributed by atoms with Gasteiger partial charge in [0, 0.05) is 27.6 Å². The first kappa shape index (κ1) is 22.1. The maximum absolute atomic E-state index is 13.0. The number of carbonyl (C=O) groups is 2. The van der Waals surface area contributed by atoms with Crippen molar-refractivity contribution in [1.29, 1.82) is 0 Å². The van der Waals surface area contributed by atoms with Gasteiger partial charge in [0.1, 0.15) is 0 Å². The predicted molar refractivity (Wildman–Crippen MR) is 100 cm³/mol. The summed E-state index contributed by atoms with van der Waals surface area (Å²) in [5, 5.41) is 0. The largest absolute Gasteiger partial charge is 0.522 e. The molecule has 1 N–H and O–H groups in total. The normalized spacial score (nSPS) is 15.8. The van der Waals surface area contributed by atoms with Crippen LogP contribution in [-0.4, -0.2) is 42.6 Å². The summed E-state index contributed by atoms with van der Waals surface area (Å²) in [4.78, 5) is 25.9. The quantitative estimate of drug-likeness (QED) is 0.340. The van der Waals surface area contributed by atoms with Crippen LogP contribution in [-0.2, 0) is 25.8 Å². The molecule has 150 valence electrons. The molecule has 5 nitrogen and oxygen atoms in total. The molecule has 1 aliphatic carbocycles. The zero-order valence-electron chi connectivity index (χ0n) is 14.7. The van der Waals surface area contributed by atoms with Crippen molar-refractivity contribution in [3.05, 3.63) is 71.3 Å². The SMILES string of the molecule is C[S+](C)C1(c2ccccc2)C(=O)c2ccccc2C1=O.O=S(=O)(O)C(F)(F)F. The second-order valence-corrected chi connectivity index (χ2v) is 9.65. The molecular weight excluding hydrogens is 417 g/mol. The van der Waals surface area contributed by atoms with Crippen LogP contribution in [0.3, 0.4) is 0 Å². The molecular formula is C18H16F3O5S2+. The van der Waals surface area contributed by atoms with Gasteiger partial charge in [-0.15, -0.1) is 0 Å². The zero-order chi connectivity index (χ0) is 21.3. The fourth-order valence-corrected chi connectivity index (χ4v) is 4.47. The first-order chi connectivity index (χ1) is 12.8. The summed E-state index contributed by atoms with van der Waals surface area (Å²) in [6.07, 6.45) is 3.93. The van der Waals surface area contributed by atoms with E-state index in [0.717, 1.165) is 5.56 Å². The standard InChI is InChI=1S/C17H15O2S.CHF3O3S/c1-20(2)17(12-8-4-3-5-9-12)15(18)13-10-6-7-11-14(13)16(17)19;2-1(3,4)8(5,6)7/h3-11H,1-2H3;(H,5,6,7)/q+1;. The summed E-state index contributed by atoms with van der Waals surface area (Å²) >= 11 is 0. The van der Waals surface area contributed by atoms with Crippen LogP contribution in [0, 0.1) is 0 Å². The second kappa shape index (κ2) is 7.69. The molecule has 0 aromatic heterocycles. The first-order valence-corrected chi connectivity index (χ1v) is 11.2. The number of hydrogen-bond donors (Lipinski definition) is 1. The van der Waals surface area contributed by atoms with E-state index in [1.54, 1.807) is 12.1 Å². The van der Waals surface area contributed by atoms with E-state index in [1.807, 2.05) is 55.0 Å². The van der Waals surface area contributed by atoms with E-state index in [0.29, 0.717) is 11.1 Å². The summed E-state index contributed by atoms with van der Waals surface area (Å²) < 4.78 is 56.5. The van der Waals surface area contributed by atoms with Crippen LogP contribution < -0.4 is 0 Å². The van der Waals surface area contributed by atoms with Crippen molar-refractivity contribution in [2.45, 2.75) is 10.3 Å². The topological polar surface area (TPSA) is 88.5 Å². The lowest BCUT2D eigenvalue weighted by Gasteiger charge is -2.22. The fraction of sp³-hybridized carbons (Fsp3) is 0.222. The molecule has 0 atom stereocenters. The predicted octanol–water partition coefficient (Wildman–Crippen LogP) is 3.23. The molecule has 0 fully saturated rings. The molecule has 0 spiro atoms. The average molecular weight is 433 g/mol. The molecule has 2 aromatic carbocycles. The summed E-state index contributed by atoms with van der Waals surface area (Å²) in [6, 6.07) is 16.6. The monoisotopic (exact) mass is 433 g/mol. The van der Waals surface area contributed by atoms with Crippen LogP contribution in [0.4, 0.5) is 13.2 Å². The molecule has 3 rings (SSSR count). The van der Waals surface area contributed by atoms with Gasteiger partial charge < -0.3 is 0 Å². The fourth-order valence-electron chi connectivity index (χ4n) is 2.90. The highest BCUT2D eigenvalue weighted by atomic mass is 32.2. The Balaban J connectivity index is 0.000000300. The third kappa shape index (κ3) is 3.71. The Labute approximate surface area is 162 Å². The molecule has 0 saturated heterocycles. The Bertz CT molecular complexity index is 964. The zero-order valence-corrected chi connectivity index (χ0v) is 16.4. The maximum atomic E-state index is 13.0. The van der Waals surface area contributed by atoms with E-state index in [2.05, 4.69) is 0 Å². The number of alkyl halides is 3. The molecule has 28 heavy (non-hydrogen) atoms. The Morgan fingerprint density at radius 3 is 1.54 bits per heavy atom. The maximum Gasteiger partial charge on any atom is 0.522 e. The number of halogens is 3. The number of carbonyl (C=O) groups excluding carboxylic acids is 2. The summed E-state index contributed by atoms with van der Waals surface area (Å²) in [6.45, 7) is 0. The van der Waals surface area contributed by atoms with Gasteiger partial charge in [0.15, 0.2) is 0 Å². The molecule has 0 unspecified atom stereocenters. The minimum atomic E-state index is -5.84. The van der Waals surface area contributed by atoms with Crippen LogP contribution >= 0.6 is 0 Å². The van der Waals surface area contributed by atoms with Crippen LogP contribution in [0.25, 0.3) is 0 Å². The summed E-state index contributed by atoms with van der Waals surface area (Å²) in [5.74, 6) is -0.115. The Morgan fingerprint density at radius 2 is 1.21 bits per heavy atom. The van der Waals surface area contributed by atoms with Gasteiger partial charge in [-0.05, 0) is 0 Å². The number of benzene rings is 2. The Morgan fingerprint density at radius 1 is 0.857 bits per heavy atom. The van der Waals surface area contributed by atoms with Crippen molar-refractivity contribution in [1.82, 2.24) is 0 Å². The minimum absolute atomic E-state index is 0.0577. The van der Waals surface area contributed by atoms with Crippen molar-refractivity contribution < 1.29 is 35.7 Å². The highest BCUT2D eigenvalue weighted by molar-refractivity contribution is 7.98. The van der Waals surface area contributed by atoms with Crippen molar-refractivity contribution >= 4 is 32.6 Å². The summed E-state index contributed by atoms with van der Waals surface area (Å²) in [5.41, 5.74) is -3.61. The number of hydrogen-bond acceptors (Lipinski definition) is 4. The smallest absolute Gasteiger partial charge is 0.287 e. The molecule has 0 saturated carbocycles. The van der Waals surface area contributed by atoms with E-state index in [-0.39, 0.29) is 22.5 Å². The lowest BCUT2D eigenvalue weighted by Crippen LogP contribution is -2.45. The van der Waals surface area contributed by atoms with E-state index >= 15 is 0 Å². The van der Waals surface area contributed by atoms with Gasteiger partial charge in [0.25, 0.3) is 4.75 Å². The van der Waals surface area contributed by atoms with Crippen LogP contribution in [0.1, 0.15) is 26.3 Å². The molecule has 10 heteroatoms. The highest BCUT2D eigenvalue weighted by Crippen LogP contribution is 2.43. The molecule has 0 bridgehead atoms. The van der Waals surface area contributed by atoms with Gasteiger partial charge in [-0.3, -0.25) is 14.1 Å². The molecule has 0 aliphatic heterocycles. The van der Waals surface area contributed by atoms with E-state index < -0.39 is 20.4 Å². The number of fused-ring (bicyclic) bond motifs is 1. The number of ketones is 2. The number of Topliss-reactive ketones (excluding diaryl/α,β-unsaturated/α-hetero) is 2. The van der Waals surface area contributed by atoms with E-state index in [4.69, 9.17) is 13.0 Å². The van der Waals surface area contributed by atoms with Crippen molar-refractivity contribution in [3.8, 4) is 0 Å². The van der Waals surface area contributed by atoms with Gasteiger partial charge in [-0.1, -0.05) is 54.6 Å². The molecule has 0 heterocycles. The van der Waals surface area contributed by atoms with Gasteiger partial charge in [0.05, 0.1) is 12.5 Å². The third-order valence-corrected chi connectivity index (χ3v) is 6.56. The summed E-state index contributed by atoms with van der Waals surface area (Å²) in [7, 11) is -6.23. The van der Waals surface area contributed by atoms with Crippen molar-refractivity contribution in [3.63, 3.8) is 0 Å². The minimum Gasteiger partial charge on any atom is -0.287 e. The molecule has 0 radical (unpaired) electrons. The lowest BCUT2D eigenvalue weighted by molar-refractivity contribution is -0.0510. The Hall–Kier alpha value is -2.17. The number of rotatable bonds is 2. The van der Waals surface area contributed by atoms with E-state index in [1.165, 1.54) is 0 Å². The molecule has 1 aliphatic rings.